The molecular weight excluding hydrogens is 548 g/mol. The number of carbonyl (C=O) groups is 3. The van der Waals surface area contributed by atoms with Gasteiger partial charge < -0.3 is 24.8 Å². The lowest BCUT2D eigenvalue weighted by Crippen LogP contribution is -2.41. The standard InChI is InChI=1S/C33H54N2O6Si/c1-6-7-8-11-17-27(18-12-9-10-16-26(2)31(34)36)41-33(38)29-20-15-22-35(29)32(37)28-19-13-14-21-30(28)40-25-39-23-24-42(3,4)5/h13-15,19,21-22,26-27,29H,6-12,16-18,20,23-25H2,1-5H3,(H2,34,36)/t26-,27-,29+/m1/s1. The molecule has 0 saturated heterocycles. The minimum Gasteiger partial charge on any atom is -0.467 e. The van der Waals surface area contributed by atoms with Crippen molar-refractivity contribution in [2.45, 2.75) is 122 Å². The Morgan fingerprint density at radius 1 is 1.00 bits per heavy atom. The highest BCUT2D eigenvalue weighted by Crippen LogP contribution is 2.26. The van der Waals surface area contributed by atoms with Crippen LogP contribution in [0.1, 0.15) is 94.8 Å². The number of rotatable bonds is 21. The molecule has 0 fully saturated rings. The minimum absolute atomic E-state index is 0.0667. The van der Waals surface area contributed by atoms with E-state index in [1.54, 1.807) is 24.4 Å². The van der Waals surface area contributed by atoms with Gasteiger partial charge in [0.15, 0.2) is 6.79 Å². The third kappa shape index (κ3) is 13.1. The van der Waals surface area contributed by atoms with Gasteiger partial charge in [-0.2, -0.15) is 0 Å². The van der Waals surface area contributed by atoms with Crippen LogP contribution in [-0.2, 0) is 19.1 Å². The van der Waals surface area contributed by atoms with E-state index in [1.165, 1.54) is 4.90 Å². The van der Waals surface area contributed by atoms with Crippen LogP contribution < -0.4 is 10.5 Å². The number of hydrogen-bond acceptors (Lipinski definition) is 6. The smallest absolute Gasteiger partial charge is 0.329 e. The fourth-order valence-electron chi connectivity index (χ4n) is 4.84. The van der Waals surface area contributed by atoms with Crippen molar-refractivity contribution in [3.8, 4) is 5.75 Å². The fourth-order valence-corrected chi connectivity index (χ4v) is 5.59. The summed E-state index contributed by atoms with van der Waals surface area (Å²) in [6.45, 7) is 11.6. The van der Waals surface area contributed by atoms with Gasteiger partial charge in [0.1, 0.15) is 17.9 Å². The van der Waals surface area contributed by atoms with E-state index in [4.69, 9.17) is 19.9 Å². The number of para-hydroxylation sites is 1. The molecule has 236 valence electrons. The summed E-state index contributed by atoms with van der Waals surface area (Å²) in [7, 11) is -1.20. The van der Waals surface area contributed by atoms with E-state index < -0.39 is 14.1 Å². The van der Waals surface area contributed by atoms with Crippen molar-refractivity contribution in [3.63, 3.8) is 0 Å². The second kappa shape index (κ2) is 18.8. The van der Waals surface area contributed by atoms with Crippen LogP contribution in [0.5, 0.6) is 5.75 Å². The SMILES string of the molecule is CCCCCC[C@H](CCCCC[C@@H](C)C(N)=O)OC(=O)[C@@H]1CC=CN1C(=O)c1ccccc1OCOCC[Si](C)(C)C. The first-order valence-electron chi connectivity index (χ1n) is 15.8. The van der Waals surface area contributed by atoms with Gasteiger partial charge in [-0.05, 0) is 56.7 Å². The Balaban J connectivity index is 1.97. The molecule has 1 aromatic rings. The van der Waals surface area contributed by atoms with E-state index in [-0.39, 0.29) is 36.6 Å². The average molecular weight is 603 g/mol. The molecule has 3 atom stereocenters. The molecule has 1 aromatic carbocycles. The first kappa shape index (κ1) is 35.5. The lowest BCUT2D eigenvalue weighted by Gasteiger charge is -2.26. The zero-order chi connectivity index (χ0) is 31.0. The van der Waals surface area contributed by atoms with Gasteiger partial charge in [0.05, 0.1) is 5.56 Å². The largest absolute Gasteiger partial charge is 0.467 e. The zero-order valence-electron chi connectivity index (χ0n) is 26.6. The van der Waals surface area contributed by atoms with Crippen LogP contribution in [0.4, 0.5) is 0 Å². The van der Waals surface area contributed by atoms with Gasteiger partial charge in [0.2, 0.25) is 5.91 Å². The van der Waals surface area contributed by atoms with Gasteiger partial charge >= 0.3 is 5.97 Å². The van der Waals surface area contributed by atoms with E-state index in [2.05, 4.69) is 26.6 Å². The first-order chi connectivity index (χ1) is 20.0. The quantitative estimate of drug-likeness (QED) is 0.0698. The number of unbranched alkanes of at least 4 members (excludes halogenated alkanes) is 5. The molecule has 1 aliphatic heterocycles. The molecular formula is C33H54N2O6Si. The fraction of sp³-hybridized carbons (Fsp3) is 0.667. The van der Waals surface area contributed by atoms with E-state index >= 15 is 0 Å². The van der Waals surface area contributed by atoms with Crippen molar-refractivity contribution in [1.82, 2.24) is 4.90 Å². The van der Waals surface area contributed by atoms with E-state index in [0.29, 0.717) is 24.3 Å². The summed E-state index contributed by atoms with van der Waals surface area (Å²) in [5, 5.41) is 0. The molecule has 2 N–H and O–H groups in total. The summed E-state index contributed by atoms with van der Waals surface area (Å²) in [4.78, 5) is 39.8. The third-order valence-corrected chi connectivity index (χ3v) is 9.39. The predicted molar refractivity (Wildman–Crippen MR) is 170 cm³/mol. The van der Waals surface area contributed by atoms with Crippen molar-refractivity contribution in [2.24, 2.45) is 11.7 Å². The number of primary amides is 1. The Kier molecular flexibility index (Phi) is 15.9. The number of esters is 1. The van der Waals surface area contributed by atoms with Crippen LogP contribution in [0.15, 0.2) is 36.5 Å². The molecule has 0 radical (unpaired) electrons. The van der Waals surface area contributed by atoms with Crippen LogP contribution in [0, 0.1) is 5.92 Å². The lowest BCUT2D eigenvalue weighted by molar-refractivity contribution is -0.154. The average Bonchev–Trinajstić information content (AvgIpc) is 3.44. The van der Waals surface area contributed by atoms with Gasteiger partial charge in [-0.25, -0.2) is 4.79 Å². The lowest BCUT2D eigenvalue weighted by atomic mass is 9.99. The molecule has 0 unspecified atom stereocenters. The van der Waals surface area contributed by atoms with Gasteiger partial charge in [0, 0.05) is 26.8 Å². The van der Waals surface area contributed by atoms with Crippen molar-refractivity contribution < 1.29 is 28.6 Å². The topological polar surface area (TPSA) is 108 Å². The predicted octanol–water partition coefficient (Wildman–Crippen LogP) is 7.06. The Hall–Kier alpha value is -2.65. The summed E-state index contributed by atoms with van der Waals surface area (Å²) in [6, 6.07) is 7.40. The van der Waals surface area contributed by atoms with Gasteiger partial charge in [-0.1, -0.05) is 83.8 Å². The van der Waals surface area contributed by atoms with Gasteiger partial charge in [0.25, 0.3) is 5.91 Å². The van der Waals surface area contributed by atoms with E-state index in [0.717, 1.165) is 70.3 Å². The monoisotopic (exact) mass is 602 g/mol. The van der Waals surface area contributed by atoms with Crippen LogP contribution in [0.3, 0.4) is 0 Å². The molecule has 9 heteroatoms. The molecule has 2 rings (SSSR count). The molecule has 0 bridgehead atoms. The van der Waals surface area contributed by atoms with Gasteiger partial charge in [-0.3, -0.25) is 9.59 Å². The summed E-state index contributed by atoms with van der Waals surface area (Å²) in [6.07, 6.45) is 13.3. The Bertz CT molecular complexity index is 1010. The normalized spacial score (nSPS) is 16.3. The molecule has 42 heavy (non-hydrogen) atoms. The number of benzene rings is 1. The molecule has 0 spiro atoms. The molecule has 1 heterocycles. The highest BCUT2D eigenvalue weighted by atomic mass is 28.3. The van der Waals surface area contributed by atoms with Crippen LogP contribution >= 0.6 is 0 Å². The van der Waals surface area contributed by atoms with Gasteiger partial charge in [-0.15, -0.1) is 0 Å². The Morgan fingerprint density at radius 2 is 1.67 bits per heavy atom. The van der Waals surface area contributed by atoms with Crippen LogP contribution in [0.2, 0.25) is 25.7 Å². The number of ether oxygens (including phenoxy) is 3. The highest BCUT2D eigenvalue weighted by Gasteiger charge is 2.35. The maximum Gasteiger partial charge on any atom is 0.329 e. The number of amides is 2. The van der Waals surface area contributed by atoms with E-state index in [1.807, 2.05) is 19.1 Å². The molecule has 0 aromatic heterocycles. The molecule has 8 nitrogen and oxygen atoms in total. The molecule has 0 aliphatic carbocycles. The van der Waals surface area contributed by atoms with Crippen molar-refractivity contribution in [1.29, 1.82) is 0 Å². The summed E-state index contributed by atoms with van der Waals surface area (Å²) < 4.78 is 17.6. The second-order valence-corrected chi connectivity index (χ2v) is 18.3. The maximum absolute atomic E-state index is 13.6. The highest BCUT2D eigenvalue weighted by molar-refractivity contribution is 6.76. The number of nitrogens with zero attached hydrogens (tertiary/aromatic N) is 1. The summed E-state index contributed by atoms with van der Waals surface area (Å²) in [5.41, 5.74) is 5.76. The van der Waals surface area contributed by atoms with E-state index in [9.17, 15) is 14.4 Å². The minimum atomic E-state index is -1.20. The molecule has 1 aliphatic rings. The number of hydrogen-bond donors (Lipinski definition) is 1. The zero-order valence-corrected chi connectivity index (χ0v) is 27.6. The van der Waals surface area contributed by atoms with Crippen molar-refractivity contribution in [3.05, 3.63) is 42.1 Å². The van der Waals surface area contributed by atoms with Crippen molar-refractivity contribution in [2.75, 3.05) is 13.4 Å². The number of nitrogens with two attached hydrogens (primary N) is 1. The number of carbonyl (C=O) groups excluding carboxylic acids is 3. The Morgan fingerprint density at radius 3 is 2.33 bits per heavy atom. The molecule has 0 saturated carbocycles. The first-order valence-corrected chi connectivity index (χ1v) is 19.5. The summed E-state index contributed by atoms with van der Waals surface area (Å²) >= 11 is 0. The molecule has 2 amide bonds. The van der Waals surface area contributed by atoms with Crippen molar-refractivity contribution >= 4 is 25.9 Å². The van der Waals surface area contributed by atoms with Crippen LogP contribution in [0.25, 0.3) is 0 Å². The maximum atomic E-state index is 13.6. The Labute approximate surface area is 254 Å². The van der Waals surface area contributed by atoms with Crippen LogP contribution in [-0.4, -0.2) is 56.3 Å². The summed E-state index contributed by atoms with van der Waals surface area (Å²) in [5.74, 6) is -0.621. The second-order valence-electron chi connectivity index (χ2n) is 12.7. The third-order valence-electron chi connectivity index (χ3n) is 7.69.